The Morgan fingerprint density at radius 3 is 2.72 bits per heavy atom. The normalized spacial score (nSPS) is 18.3. The molecule has 1 aliphatic carbocycles. The van der Waals surface area contributed by atoms with Gasteiger partial charge in [0.1, 0.15) is 5.82 Å². The molecule has 0 bridgehead atoms. The van der Waals surface area contributed by atoms with Crippen molar-refractivity contribution in [1.82, 2.24) is 15.3 Å². The second-order valence-electron chi connectivity index (χ2n) is 7.04. The van der Waals surface area contributed by atoms with Crippen molar-refractivity contribution in [2.24, 2.45) is 0 Å². The Morgan fingerprint density at radius 1 is 0.920 bits per heavy atom. The van der Waals surface area contributed by atoms with Gasteiger partial charge in [-0.3, -0.25) is 0 Å². The molecule has 1 aliphatic heterocycles. The molecule has 1 saturated heterocycles. The highest BCUT2D eigenvalue weighted by Gasteiger charge is 2.23. The van der Waals surface area contributed by atoms with Gasteiger partial charge < -0.3 is 16.0 Å². The predicted molar refractivity (Wildman–Crippen MR) is 103 cm³/mol. The second kappa shape index (κ2) is 7.40. The van der Waals surface area contributed by atoms with Gasteiger partial charge in [0.15, 0.2) is 0 Å². The molecule has 4 rings (SSSR count). The number of fused-ring (bicyclic) bond motifs is 3. The fraction of sp³-hybridized carbons (Fsp3) is 0.500. The summed E-state index contributed by atoms with van der Waals surface area (Å²) in [5.74, 6) is 1.46. The van der Waals surface area contributed by atoms with Crippen LogP contribution < -0.4 is 16.0 Å². The van der Waals surface area contributed by atoms with E-state index in [2.05, 4.69) is 39.5 Å². The summed E-state index contributed by atoms with van der Waals surface area (Å²) in [6.07, 6.45) is 6.78. The number of hydrogen-bond donors (Lipinski definition) is 2. The summed E-state index contributed by atoms with van der Waals surface area (Å²) in [6.45, 7) is 4.26. The van der Waals surface area contributed by atoms with E-state index in [1.54, 1.807) is 0 Å². The van der Waals surface area contributed by atoms with Crippen molar-refractivity contribution in [2.45, 2.75) is 38.5 Å². The number of anilines is 2. The number of nitrogens with zero attached hydrogens (tertiary/aromatic N) is 3. The van der Waals surface area contributed by atoms with E-state index in [-0.39, 0.29) is 0 Å². The molecule has 132 valence electrons. The quantitative estimate of drug-likeness (QED) is 0.837. The lowest BCUT2D eigenvalue weighted by Gasteiger charge is -2.26. The molecule has 25 heavy (non-hydrogen) atoms. The second-order valence-corrected chi connectivity index (χ2v) is 7.04. The summed E-state index contributed by atoms with van der Waals surface area (Å²) in [5.41, 5.74) is 11.1. The van der Waals surface area contributed by atoms with Crippen molar-refractivity contribution >= 4 is 11.8 Å². The highest BCUT2D eigenvalue weighted by molar-refractivity contribution is 5.74. The third kappa shape index (κ3) is 3.47. The zero-order valence-electron chi connectivity index (χ0n) is 14.8. The molecule has 0 atom stereocenters. The lowest BCUT2D eigenvalue weighted by molar-refractivity contribution is 0.643. The van der Waals surface area contributed by atoms with Crippen LogP contribution in [0.2, 0.25) is 0 Å². The number of rotatable bonds is 1. The summed E-state index contributed by atoms with van der Waals surface area (Å²) < 4.78 is 0. The van der Waals surface area contributed by atoms with Crippen molar-refractivity contribution < 1.29 is 0 Å². The van der Waals surface area contributed by atoms with E-state index in [0.717, 1.165) is 63.4 Å². The molecule has 0 radical (unpaired) electrons. The van der Waals surface area contributed by atoms with Crippen LogP contribution in [0, 0.1) is 0 Å². The maximum atomic E-state index is 6.14. The number of aryl methyl sites for hydroxylation is 1. The van der Waals surface area contributed by atoms with E-state index < -0.39 is 0 Å². The monoisotopic (exact) mass is 337 g/mol. The molecule has 0 unspecified atom stereocenters. The van der Waals surface area contributed by atoms with E-state index in [0.29, 0.717) is 5.95 Å². The largest absolute Gasteiger partial charge is 0.368 e. The van der Waals surface area contributed by atoms with E-state index >= 15 is 0 Å². The fourth-order valence-corrected chi connectivity index (χ4v) is 4.02. The average Bonchev–Trinajstić information content (AvgIpc) is 2.70. The average molecular weight is 337 g/mol. The zero-order chi connectivity index (χ0) is 17.1. The Hall–Kier alpha value is -2.14. The van der Waals surface area contributed by atoms with Crippen molar-refractivity contribution in [3.05, 3.63) is 35.4 Å². The van der Waals surface area contributed by atoms with Gasteiger partial charge in [0, 0.05) is 24.2 Å². The van der Waals surface area contributed by atoms with Gasteiger partial charge in [-0.15, -0.1) is 0 Å². The lowest BCUT2D eigenvalue weighted by atomic mass is 10.0. The van der Waals surface area contributed by atoms with Crippen LogP contribution >= 0.6 is 0 Å². The van der Waals surface area contributed by atoms with E-state index in [9.17, 15) is 0 Å². The standard InChI is InChI=1S/C20H27N5/c21-20-23-18-16-9-2-1-7-15(16)8-5-10-17(18)19(24-20)25-13-4-3-11-22-12-6-14-25/h1-2,7,9,22H,3-6,8,10-14H2,(H2,21,23,24). The van der Waals surface area contributed by atoms with Gasteiger partial charge in [-0.25, -0.2) is 4.98 Å². The van der Waals surface area contributed by atoms with Gasteiger partial charge >= 0.3 is 0 Å². The molecule has 2 heterocycles. The molecule has 2 aliphatic rings. The molecule has 2 aromatic rings. The van der Waals surface area contributed by atoms with Crippen molar-refractivity contribution in [3.63, 3.8) is 0 Å². The minimum atomic E-state index is 0.392. The molecule has 1 fully saturated rings. The maximum absolute atomic E-state index is 6.14. The number of nitrogen functional groups attached to an aromatic ring is 1. The third-order valence-corrected chi connectivity index (χ3v) is 5.26. The number of nitrogens with one attached hydrogen (secondary N) is 1. The number of nitrogens with two attached hydrogens (primary N) is 1. The van der Waals surface area contributed by atoms with Gasteiger partial charge in [-0.2, -0.15) is 4.98 Å². The van der Waals surface area contributed by atoms with E-state index in [1.807, 2.05) is 0 Å². The number of hydrogen-bond acceptors (Lipinski definition) is 5. The van der Waals surface area contributed by atoms with Crippen LogP contribution in [0.25, 0.3) is 11.3 Å². The SMILES string of the molecule is Nc1nc2c(c(N3CCCCNCCC3)n1)CCCc1ccccc1-2. The first-order chi connectivity index (χ1) is 12.3. The van der Waals surface area contributed by atoms with Crippen molar-refractivity contribution in [3.8, 4) is 11.3 Å². The Morgan fingerprint density at radius 2 is 1.76 bits per heavy atom. The molecule has 5 heteroatoms. The van der Waals surface area contributed by atoms with Gasteiger partial charge in [0.05, 0.1) is 5.69 Å². The lowest BCUT2D eigenvalue weighted by Crippen LogP contribution is -2.29. The number of aromatic nitrogens is 2. The first kappa shape index (κ1) is 16.3. The van der Waals surface area contributed by atoms with Crippen molar-refractivity contribution in [2.75, 3.05) is 36.8 Å². The number of benzene rings is 1. The summed E-state index contributed by atoms with van der Waals surface area (Å²) in [5, 5.41) is 3.51. The summed E-state index contributed by atoms with van der Waals surface area (Å²) in [6, 6.07) is 8.61. The van der Waals surface area contributed by atoms with E-state index in [1.165, 1.54) is 29.5 Å². The highest BCUT2D eigenvalue weighted by Crippen LogP contribution is 2.36. The molecule has 5 nitrogen and oxygen atoms in total. The Bertz CT molecular complexity index is 733. The highest BCUT2D eigenvalue weighted by atomic mass is 15.2. The molecule has 1 aromatic heterocycles. The minimum absolute atomic E-state index is 0.392. The summed E-state index contributed by atoms with van der Waals surface area (Å²) in [7, 11) is 0. The fourth-order valence-electron chi connectivity index (χ4n) is 4.02. The predicted octanol–water partition coefficient (Wildman–Crippen LogP) is 2.79. The summed E-state index contributed by atoms with van der Waals surface area (Å²) in [4.78, 5) is 11.8. The van der Waals surface area contributed by atoms with Crippen LogP contribution in [0.3, 0.4) is 0 Å². The molecule has 0 amide bonds. The third-order valence-electron chi connectivity index (χ3n) is 5.26. The molecule has 0 spiro atoms. The molecule has 1 aromatic carbocycles. The Kier molecular flexibility index (Phi) is 4.83. The van der Waals surface area contributed by atoms with E-state index in [4.69, 9.17) is 10.7 Å². The van der Waals surface area contributed by atoms with Gasteiger partial charge in [-0.1, -0.05) is 24.3 Å². The Balaban J connectivity index is 1.78. The van der Waals surface area contributed by atoms with Crippen LogP contribution in [0.5, 0.6) is 0 Å². The molecule has 0 saturated carbocycles. The molecular weight excluding hydrogens is 310 g/mol. The zero-order valence-corrected chi connectivity index (χ0v) is 14.8. The summed E-state index contributed by atoms with van der Waals surface area (Å²) >= 11 is 0. The van der Waals surface area contributed by atoms with Crippen LogP contribution in [0.4, 0.5) is 11.8 Å². The first-order valence-corrected chi connectivity index (χ1v) is 9.53. The first-order valence-electron chi connectivity index (χ1n) is 9.53. The van der Waals surface area contributed by atoms with Crippen LogP contribution in [0.1, 0.15) is 36.8 Å². The smallest absolute Gasteiger partial charge is 0.222 e. The van der Waals surface area contributed by atoms with Crippen LogP contribution in [-0.2, 0) is 12.8 Å². The van der Waals surface area contributed by atoms with Gasteiger partial charge in [0.25, 0.3) is 0 Å². The van der Waals surface area contributed by atoms with Gasteiger partial charge in [0.2, 0.25) is 5.95 Å². The molecule has 3 N–H and O–H groups in total. The Labute approximate surface area is 149 Å². The van der Waals surface area contributed by atoms with Gasteiger partial charge in [-0.05, 0) is 57.2 Å². The van der Waals surface area contributed by atoms with Crippen LogP contribution in [0.15, 0.2) is 24.3 Å². The van der Waals surface area contributed by atoms with Crippen LogP contribution in [-0.4, -0.2) is 36.1 Å². The van der Waals surface area contributed by atoms with Crippen molar-refractivity contribution in [1.29, 1.82) is 0 Å². The topological polar surface area (TPSA) is 67.1 Å². The minimum Gasteiger partial charge on any atom is -0.368 e. The maximum Gasteiger partial charge on any atom is 0.222 e. The molecular formula is C20H27N5.